The normalized spacial score (nSPS) is 14.0. The molecule has 4 aromatic rings. The van der Waals surface area contributed by atoms with Gasteiger partial charge in [-0.3, -0.25) is 0 Å². The van der Waals surface area contributed by atoms with Crippen LogP contribution in [-0.4, -0.2) is 13.7 Å². The zero-order valence-corrected chi connectivity index (χ0v) is 15.3. The number of fused-ring (bicyclic) bond motifs is 4. The summed E-state index contributed by atoms with van der Waals surface area (Å²) in [6.45, 7) is 5.46. The van der Waals surface area contributed by atoms with E-state index in [9.17, 15) is 0 Å². The van der Waals surface area contributed by atoms with Crippen molar-refractivity contribution < 1.29 is 4.42 Å². The first-order valence-electron chi connectivity index (χ1n) is 9.06. The van der Waals surface area contributed by atoms with Crippen LogP contribution in [0, 0.1) is 0 Å². The van der Waals surface area contributed by atoms with E-state index < -0.39 is 0 Å². The largest absolute Gasteiger partial charge is 0.456 e. The highest BCUT2D eigenvalue weighted by Crippen LogP contribution is 2.45. The number of furan rings is 1. The molecular weight excluding hydrogens is 320 g/mol. The summed E-state index contributed by atoms with van der Waals surface area (Å²) in [6, 6.07) is 21.3. The predicted octanol–water partition coefficient (Wildman–Crippen LogP) is 5.73. The summed E-state index contributed by atoms with van der Waals surface area (Å²) in [5, 5.41) is 5.98. The SMILES string of the molecule is CN1CNc2c1cccc2C(C)(C)c1cccc2oc3ccccc3c12. The molecule has 0 spiro atoms. The third kappa shape index (κ3) is 2.00. The van der Waals surface area contributed by atoms with Crippen LogP contribution in [0.3, 0.4) is 0 Å². The molecule has 1 aromatic heterocycles. The van der Waals surface area contributed by atoms with Crippen molar-refractivity contribution in [2.45, 2.75) is 19.3 Å². The van der Waals surface area contributed by atoms with E-state index in [-0.39, 0.29) is 5.41 Å². The summed E-state index contributed by atoms with van der Waals surface area (Å²) >= 11 is 0. The average Bonchev–Trinajstić information content (AvgIpc) is 3.22. The van der Waals surface area contributed by atoms with Gasteiger partial charge in [0.2, 0.25) is 0 Å². The molecule has 3 heteroatoms. The number of benzene rings is 3. The molecule has 130 valence electrons. The van der Waals surface area contributed by atoms with Crippen molar-refractivity contribution in [2.24, 2.45) is 0 Å². The summed E-state index contributed by atoms with van der Waals surface area (Å²) in [7, 11) is 2.12. The highest BCUT2D eigenvalue weighted by molar-refractivity contribution is 6.07. The lowest BCUT2D eigenvalue weighted by Gasteiger charge is -2.29. The quantitative estimate of drug-likeness (QED) is 0.504. The molecule has 1 aliphatic heterocycles. The van der Waals surface area contributed by atoms with Crippen molar-refractivity contribution in [2.75, 3.05) is 23.9 Å². The van der Waals surface area contributed by atoms with Crippen LogP contribution >= 0.6 is 0 Å². The maximum atomic E-state index is 6.11. The molecule has 0 aliphatic carbocycles. The van der Waals surface area contributed by atoms with Gasteiger partial charge < -0.3 is 14.6 Å². The Kier molecular flexibility index (Phi) is 3.11. The Bertz CT molecular complexity index is 1140. The van der Waals surface area contributed by atoms with Crippen molar-refractivity contribution in [3.8, 4) is 0 Å². The number of para-hydroxylation sites is 2. The topological polar surface area (TPSA) is 28.4 Å². The van der Waals surface area contributed by atoms with Crippen LogP contribution in [0.4, 0.5) is 11.4 Å². The summed E-state index contributed by atoms with van der Waals surface area (Å²) < 4.78 is 6.11. The Morgan fingerprint density at radius 2 is 1.62 bits per heavy atom. The monoisotopic (exact) mass is 342 g/mol. The van der Waals surface area contributed by atoms with E-state index in [0.29, 0.717) is 0 Å². The summed E-state index contributed by atoms with van der Waals surface area (Å²) in [4.78, 5) is 2.25. The molecule has 2 heterocycles. The minimum Gasteiger partial charge on any atom is -0.456 e. The maximum absolute atomic E-state index is 6.11. The number of hydrogen-bond donors (Lipinski definition) is 1. The van der Waals surface area contributed by atoms with Gasteiger partial charge in [0.1, 0.15) is 11.2 Å². The second-order valence-electron chi connectivity index (χ2n) is 7.63. The molecule has 0 fully saturated rings. The summed E-state index contributed by atoms with van der Waals surface area (Å²) in [5.41, 5.74) is 6.86. The lowest BCUT2D eigenvalue weighted by molar-refractivity contribution is 0.644. The number of hydrogen-bond acceptors (Lipinski definition) is 3. The summed E-state index contributed by atoms with van der Waals surface area (Å²) in [6.07, 6.45) is 0. The first-order chi connectivity index (χ1) is 12.6. The van der Waals surface area contributed by atoms with Crippen molar-refractivity contribution in [1.29, 1.82) is 0 Å². The van der Waals surface area contributed by atoms with Gasteiger partial charge >= 0.3 is 0 Å². The lowest BCUT2D eigenvalue weighted by Crippen LogP contribution is -2.20. The van der Waals surface area contributed by atoms with E-state index in [4.69, 9.17) is 4.42 Å². The smallest absolute Gasteiger partial charge is 0.135 e. The third-order valence-electron chi connectivity index (χ3n) is 5.70. The van der Waals surface area contributed by atoms with E-state index >= 15 is 0 Å². The van der Waals surface area contributed by atoms with E-state index in [1.54, 1.807) is 0 Å². The first-order valence-corrected chi connectivity index (χ1v) is 9.06. The minimum atomic E-state index is -0.157. The molecule has 0 saturated heterocycles. The molecule has 0 amide bonds. The van der Waals surface area contributed by atoms with Gasteiger partial charge in [0, 0.05) is 23.2 Å². The van der Waals surface area contributed by atoms with Crippen LogP contribution < -0.4 is 10.2 Å². The van der Waals surface area contributed by atoms with Gasteiger partial charge in [0.25, 0.3) is 0 Å². The number of rotatable bonds is 2. The molecule has 0 atom stereocenters. The number of nitrogens with one attached hydrogen (secondary N) is 1. The zero-order valence-electron chi connectivity index (χ0n) is 15.3. The first kappa shape index (κ1) is 15.3. The molecule has 5 rings (SSSR count). The molecule has 26 heavy (non-hydrogen) atoms. The molecule has 3 nitrogen and oxygen atoms in total. The molecule has 0 bridgehead atoms. The van der Waals surface area contributed by atoms with Gasteiger partial charge in [-0.2, -0.15) is 0 Å². The fourth-order valence-electron chi connectivity index (χ4n) is 4.29. The van der Waals surface area contributed by atoms with Crippen molar-refractivity contribution in [3.63, 3.8) is 0 Å². The van der Waals surface area contributed by atoms with Gasteiger partial charge in [-0.25, -0.2) is 0 Å². The van der Waals surface area contributed by atoms with Crippen molar-refractivity contribution in [1.82, 2.24) is 0 Å². The Balaban J connectivity index is 1.80. The van der Waals surface area contributed by atoms with Crippen LogP contribution in [0.15, 0.2) is 65.1 Å². The predicted molar refractivity (Wildman–Crippen MR) is 109 cm³/mol. The van der Waals surface area contributed by atoms with E-state index in [1.165, 1.54) is 33.3 Å². The van der Waals surface area contributed by atoms with Crippen molar-refractivity contribution in [3.05, 3.63) is 71.8 Å². The van der Waals surface area contributed by atoms with Crippen LogP contribution in [0.5, 0.6) is 0 Å². The van der Waals surface area contributed by atoms with Crippen molar-refractivity contribution >= 4 is 33.3 Å². The van der Waals surface area contributed by atoms with Crippen LogP contribution in [0.1, 0.15) is 25.0 Å². The molecule has 3 aromatic carbocycles. The van der Waals surface area contributed by atoms with Crippen LogP contribution in [0.25, 0.3) is 21.9 Å². The highest BCUT2D eigenvalue weighted by Gasteiger charge is 2.32. The van der Waals surface area contributed by atoms with Crippen LogP contribution in [-0.2, 0) is 5.41 Å². The second kappa shape index (κ2) is 5.28. The lowest BCUT2D eigenvalue weighted by atomic mass is 9.75. The number of anilines is 2. The Hall–Kier alpha value is -2.94. The Morgan fingerprint density at radius 3 is 2.50 bits per heavy atom. The molecular formula is C23H22N2O. The highest BCUT2D eigenvalue weighted by atomic mass is 16.3. The van der Waals surface area contributed by atoms with Crippen LogP contribution in [0.2, 0.25) is 0 Å². The van der Waals surface area contributed by atoms with Gasteiger partial charge in [0.05, 0.1) is 18.0 Å². The standard InChI is InChI=1S/C23H22N2O/c1-23(2,17-10-6-11-18-22(17)24-14-25(18)3)16-9-7-13-20-21(16)15-8-4-5-12-19(15)26-20/h4-13,24H,14H2,1-3H3. The van der Waals surface area contributed by atoms with Gasteiger partial charge in [-0.15, -0.1) is 0 Å². The summed E-state index contributed by atoms with van der Waals surface area (Å²) in [5.74, 6) is 0. The average molecular weight is 342 g/mol. The maximum Gasteiger partial charge on any atom is 0.135 e. The van der Waals surface area contributed by atoms with Gasteiger partial charge in [-0.05, 0) is 29.3 Å². The van der Waals surface area contributed by atoms with Gasteiger partial charge in [0.15, 0.2) is 0 Å². The van der Waals surface area contributed by atoms with E-state index in [0.717, 1.165) is 17.8 Å². The molecule has 1 aliphatic rings. The minimum absolute atomic E-state index is 0.157. The molecule has 0 radical (unpaired) electrons. The number of nitrogens with zero attached hydrogens (tertiary/aromatic N) is 1. The van der Waals surface area contributed by atoms with E-state index in [1.807, 2.05) is 12.1 Å². The van der Waals surface area contributed by atoms with Gasteiger partial charge in [-0.1, -0.05) is 56.3 Å². The Morgan fingerprint density at radius 1 is 0.885 bits per heavy atom. The molecule has 1 N–H and O–H groups in total. The third-order valence-corrected chi connectivity index (χ3v) is 5.70. The fourth-order valence-corrected chi connectivity index (χ4v) is 4.29. The second-order valence-corrected chi connectivity index (χ2v) is 7.63. The molecule has 0 saturated carbocycles. The Labute approximate surface area is 153 Å². The zero-order chi connectivity index (χ0) is 17.9. The fraction of sp³-hybridized carbons (Fsp3) is 0.217. The molecule has 0 unspecified atom stereocenters. The van der Waals surface area contributed by atoms with E-state index in [2.05, 4.69) is 79.6 Å².